The zero-order chi connectivity index (χ0) is 13.8. The molecule has 0 aliphatic carbocycles. The number of hydrogen-bond acceptors (Lipinski definition) is 8. The van der Waals surface area contributed by atoms with Crippen LogP contribution < -0.4 is 4.90 Å². The van der Waals surface area contributed by atoms with E-state index >= 15 is 0 Å². The number of carboxylic acid groups (broad SMARTS) is 1. The van der Waals surface area contributed by atoms with E-state index in [9.17, 15) is 4.79 Å². The van der Waals surface area contributed by atoms with E-state index in [1.807, 2.05) is 24.3 Å². The van der Waals surface area contributed by atoms with Crippen LogP contribution in [0, 0.1) is 6.92 Å². The first kappa shape index (κ1) is 14.2. The van der Waals surface area contributed by atoms with Crippen LogP contribution in [0.1, 0.15) is 10.7 Å². The molecule has 0 fully saturated rings. The standard InChI is InChI=1S/C10H12N4O2S3/c1-6-11-7(4-17-6)3-14(2)9-12-13-10(19-9)18-5-8(15)16/h4H,3,5H2,1-2H3,(H,15,16). The highest BCUT2D eigenvalue weighted by Crippen LogP contribution is 2.28. The quantitative estimate of drug-likeness (QED) is 0.818. The number of aryl methyl sites for hydroxylation is 1. The van der Waals surface area contributed by atoms with Gasteiger partial charge in [0, 0.05) is 12.4 Å². The highest BCUT2D eigenvalue weighted by Gasteiger charge is 2.12. The second-order valence-corrected chi connectivity index (χ2v) is 6.99. The van der Waals surface area contributed by atoms with Crippen LogP contribution in [-0.2, 0) is 11.3 Å². The van der Waals surface area contributed by atoms with Crippen molar-refractivity contribution >= 4 is 45.5 Å². The summed E-state index contributed by atoms with van der Waals surface area (Å²) in [6.07, 6.45) is 0. The number of anilines is 1. The zero-order valence-electron chi connectivity index (χ0n) is 10.4. The molecule has 19 heavy (non-hydrogen) atoms. The fourth-order valence-electron chi connectivity index (χ4n) is 1.33. The average Bonchev–Trinajstić information content (AvgIpc) is 2.95. The highest BCUT2D eigenvalue weighted by atomic mass is 32.2. The molecule has 0 saturated heterocycles. The third-order valence-electron chi connectivity index (χ3n) is 2.11. The number of carboxylic acids is 1. The van der Waals surface area contributed by atoms with Gasteiger partial charge in [-0.2, -0.15) is 0 Å². The van der Waals surface area contributed by atoms with Crippen LogP contribution in [0.2, 0.25) is 0 Å². The van der Waals surface area contributed by atoms with E-state index in [4.69, 9.17) is 5.11 Å². The molecule has 0 spiro atoms. The second-order valence-electron chi connectivity index (χ2n) is 3.75. The van der Waals surface area contributed by atoms with Gasteiger partial charge in [-0.05, 0) is 6.92 Å². The molecule has 0 saturated carbocycles. The van der Waals surface area contributed by atoms with Crippen molar-refractivity contribution in [1.82, 2.24) is 15.2 Å². The van der Waals surface area contributed by atoms with Gasteiger partial charge in [0.1, 0.15) is 0 Å². The lowest BCUT2D eigenvalue weighted by molar-refractivity contribution is -0.133. The summed E-state index contributed by atoms with van der Waals surface area (Å²) in [5.74, 6) is -0.850. The number of aromatic nitrogens is 3. The van der Waals surface area contributed by atoms with Crippen LogP contribution in [0.15, 0.2) is 9.72 Å². The summed E-state index contributed by atoms with van der Waals surface area (Å²) in [5.41, 5.74) is 1.000. The molecule has 0 bridgehead atoms. The molecule has 0 amide bonds. The van der Waals surface area contributed by atoms with Gasteiger partial charge >= 0.3 is 5.97 Å². The molecule has 2 aromatic heterocycles. The molecule has 1 N–H and O–H groups in total. The van der Waals surface area contributed by atoms with E-state index in [1.165, 1.54) is 23.1 Å². The Morgan fingerprint density at radius 2 is 2.32 bits per heavy atom. The number of nitrogens with zero attached hydrogens (tertiary/aromatic N) is 4. The minimum absolute atomic E-state index is 0.00360. The highest BCUT2D eigenvalue weighted by molar-refractivity contribution is 8.01. The predicted octanol–water partition coefficient (Wildman–Crippen LogP) is 2.12. The van der Waals surface area contributed by atoms with E-state index in [0.717, 1.165) is 15.8 Å². The third-order valence-corrected chi connectivity index (χ3v) is 5.09. The molecule has 102 valence electrons. The number of carbonyl (C=O) groups is 1. The Morgan fingerprint density at radius 3 is 2.95 bits per heavy atom. The Bertz CT molecular complexity index is 569. The van der Waals surface area contributed by atoms with E-state index in [2.05, 4.69) is 15.2 Å². The summed E-state index contributed by atoms with van der Waals surface area (Å²) >= 11 is 4.19. The van der Waals surface area contributed by atoms with Gasteiger partial charge in [0.15, 0.2) is 4.34 Å². The molecule has 2 heterocycles. The molecule has 0 aliphatic rings. The maximum Gasteiger partial charge on any atom is 0.313 e. The van der Waals surface area contributed by atoms with Crippen molar-refractivity contribution in [3.8, 4) is 0 Å². The van der Waals surface area contributed by atoms with Gasteiger partial charge in [-0.25, -0.2) is 4.98 Å². The van der Waals surface area contributed by atoms with Crippen LogP contribution in [0.5, 0.6) is 0 Å². The molecule has 2 rings (SSSR count). The minimum Gasteiger partial charge on any atom is -0.481 e. The molecule has 9 heteroatoms. The molecule has 0 aliphatic heterocycles. The van der Waals surface area contributed by atoms with Gasteiger partial charge in [0.25, 0.3) is 0 Å². The van der Waals surface area contributed by atoms with Gasteiger partial charge in [-0.15, -0.1) is 21.5 Å². The van der Waals surface area contributed by atoms with E-state index in [1.54, 1.807) is 11.3 Å². The fraction of sp³-hybridized carbons (Fsp3) is 0.400. The van der Waals surface area contributed by atoms with Crippen molar-refractivity contribution in [2.75, 3.05) is 17.7 Å². The molecule has 6 nitrogen and oxygen atoms in total. The Balaban J connectivity index is 1.95. The first-order valence-corrected chi connectivity index (χ1v) is 8.03. The van der Waals surface area contributed by atoms with E-state index in [-0.39, 0.29) is 5.75 Å². The van der Waals surface area contributed by atoms with E-state index in [0.29, 0.717) is 10.9 Å². The monoisotopic (exact) mass is 316 g/mol. The molecule has 0 radical (unpaired) electrons. The van der Waals surface area contributed by atoms with Crippen LogP contribution in [0.3, 0.4) is 0 Å². The second kappa shape index (κ2) is 6.31. The summed E-state index contributed by atoms with van der Waals surface area (Å²) < 4.78 is 0.665. The van der Waals surface area contributed by atoms with Crippen molar-refractivity contribution in [3.63, 3.8) is 0 Å². The topological polar surface area (TPSA) is 79.2 Å². The Hall–Kier alpha value is -1.19. The first-order valence-electron chi connectivity index (χ1n) is 5.35. The molecular formula is C10H12N4O2S3. The smallest absolute Gasteiger partial charge is 0.313 e. The number of aliphatic carboxylic acids is 1. The largest absolute Gasteiger partial charge is 0.481 e. The normalized spacial score (nSPS) is 10.6. The summed E-state index contributed by atoms with van der Waals surface area (Å²) in [6, 6.07) is 0. The Morgan fingerprint density at radius 1 is 1.53 bits per heavy atom. The Kier molecular flexibility index (Phi) is 4.72. The number of thioether (sulfide) groups is 1. The maximum atomic E-state index is 10.5. The number of rotatable bonds is 6. The molecular weight excluding hydrogens is 304 g/mol. The van der Waals surface area contributed by atoms with Crippen molar-refractivity contribution in [2.45, 2.75) is 17.8 Å². The van der Waals surface area contributed by atoms with Crippen molar-refractivity contribution in [1.29, 1.82) is 0 Å². The van der Waals surface area contributed by atoms with Gasteiger partial charge in [-0.3, -0.25) is 4.79 Å². The molecule has 2 aromatic rings. The van der Waals surface area contributed by atoms with Crippen LogP contribution in [-0.4, -0.2) is 39.1 Å². The van der Waals surface area contributed by atoms with Gasteiger partial charge in [0.2, 0.25) is 5.13 Å². The summed E-state index contributed by atoms with van der Waals surface area (Å²) in [7, 11) is 1.92. The number of thiazole rings is 1. The van der Waals surface area contributed by atoms with E-state index < -0.39 is 5.97 Å². The van der Waals surface area contributed by atoms with Crippen LogP contribution >= 0.6 is 34.4 Å². The summed E-state index contributed by atoms with van der Waals surface area (Å²) in [6.45, 7) is 2.64. The summed E-state index contributed by atoms with van der Waals surface area (Å²) in [4.78, 5) is 16.8. The predicted molar refractivity (Wildman–Crippen MR) is 77.2 cm³/mol. The van der Waals surface area contributed by atoms with Gasteiger partial charge in [-0.1, -0.05) is 23.1 Å². The van der Waals surface area contributed by atoms with Crippen LogP contribution in [0.4, 0.5) is 5.13 Å². The van der Waals surface area contributed by atoms with Crippen LogP contribution in [0.25, 0.3) is 0 Å². The molecule has 0 atom stereocenters. The molecule has 0 aromatic carbocycles. The number of hydrogen-bond donors (Lipinski definition) is 1. The lowest BCUT2D eigenvalue weighted by Gasteiger charge is -2.12. The average molecular weight is 316 g/mol. The van der Waals surface area contributed by atoms with Crippen molar-refractivity contribution < 1.29 is 9.90 Å². The lowest BCUT2D eigenvalue weighted by atomic mass is 10.4. The van der Waals surface area contributed by atoms with Crippen molar-refractivity contribution in [3.05, 3.63) is 16.1 Å². The lowest BCUT2D eigenvalue weighted by Crippen LogP contribution is -2.16. The Labute approximate surface area is 122 Å². The molecule has 0 unspecified atom stereocenters. The third kappa shape index (κ3) is 4.15. The fourth-order valence-corrected chi connectivity index (χ4v) is 3.46. The maximum absolute atomic E-state index is 10.5. The zero-order valence-corrected chi connectivity index (χ0v) is 12.8. The van der Waals surface area contributed by atoms with Crippen molar-refractivity contribution in [2.24, 2.45) is 0 Å². The minimum atomic E-state index is -0.854. The van der Waals surface area contributed by atoms with Gasteiger partial charge in [0.05, 0.1) is 23.0 Å². The first-order chi connectivity index (χ1) is 9.04. The summed E-state index contributed by atoms with van der Waals surface area (Å²) in [5, 5.41) is 20.4. The SMILES string of the molecule is Cc1nc(CN(C)c2nnc(SCC(=O)O)s2)cs1. The van der Waals surface area contributed by atoms with Gasteiger partial charge < -0.3 is 10.0 Å².